The zero-order valence-corrected chi connectivity index (χ0v) is 11.8. The molecule has 1 heterocycles. The highest BCUT2D eigenvalue weighted by Crippen LogP contribution is 2.29. The minimum absolute atomic E-state index is 0.421. The molecule has 20 heavy (non-hydrogen) atoms. The molecule has 1 aromatic rings. The molecule has 2 amide bonds. The van der Waals surface area contributed by atoms with Crippen LogP contribution in [0.15, 0.2) is 36.4 Å². The Morgan fingerprint density at radius 1 is 1.25 bits per heavy atom. The van der Waals surface area contributed by atoms with Crippen molar-refractivity contribution in [1.29, 1.82) is 0 Å². The normalized spacial score (nSPS) is 15.5. The van der Waals surface area contributed by atoms with Crippen LogP contribution in [-0.4, -0.2) is 43.5 Å². The van der Waals surface area contributed by atoms with Gasteiger partial charge in [-0.3, -0.25) is 14.5 Å². The van der Waals surface area contributed by atoms with Crippen LogP contribution in [0.4, 0.5) is 5.69 Å². The Balaban J connectivity index is 2.22. The van der Waals surface area contributed by atoms with Crippen LogP contribution in [-0.2, 0) is 9.59 Å². The van der Waals surface area contributed by atoms with Crippen molar-refractivity contribution in [2.45, 2.75) is 6.92 Å². The fourth-order valence-electron chi connectivity index (χ4n) is 2.23. The van der Waals surface area contributed by atoms with Crippen molar-refractivity contribution < 1.29 is 14.3 Å². The zero-order valence-electron chi connectivity index (χ0n) is 11.8. The Hall–Kier alpha value is -2.30. The molecule has 0 saturated carbocycles. The average Bonchev–Trinajstić information content (AvgIpc) is 2.44. The van der Waals surface area contributed by atoms with Gasteiger partial charge >= 0.3 is 11.8 Å². The van der Waals surface area contributed by atoms with Crippen molar-refractivity contribution in [1.82, 2.24) is 4.90 Å². The fraction of sp³-hybridized carbons (Fsp3) is 0.333. The van der Waals surface area contributed by atoms with Crippen LogP contribution < -0.4 is 9.64 Å². The quantitative estimate of drug-likeness (QED) is 0.617. The molecule has 1 aliphatic rings. The molecule has 5 heteroatoms. The third kappa shape index (κ3) is 2.66. The number of carbonyl (C=O) groups excluding carboxylic acids is 2. The number of methoxy groups -OCH3 is 1. The predicted molar refractivity (Wildman–Crippen MR) is 76.7 cm³/mol. The van der Waals surface area contributed by atoms with Crippen LogP contribution in [0, 0.1) is 0 Å². The number of nitrogens with zero attached hydrogens (tertiary/aromatic N) is 2. The van der Waals surface area contributed by atoms with Gasteiger partial charge in [0.2, 0.25) is 0 Å². The third-order valence-corrected chi connectivity index (χ3v) is 3.15. The molecule has 1 saturated heterocycles. The number of piperazine rings is 1. The van der Waals surface area contributed by atoms with E-state index in [-0.39, 0.29) is 0 Å². The number of hydrogen-bond acceptors (Lipinski definition) is 3. The Morgan fingerprint density at radius 3 is 2.60 bits per heavy atom. The molecule has 0 spiro atoms. The van der Waals surface area contributed by atoms with Crippen molar-refractivity contribution in [3.05, 3.63) is 36.4 Å². The van der Waals surface area contributed by atoms with Gasteiger partial charge in [0.05, 0.1) is 12.8 Å². The highest BCUT2D eigenvalue weighted by Gasteiger charge is 2.34. The molecule has 1 aromatic carbocycles. The number of anilines is 1. The van der Waals surface area contributed by atoms with E-state index in [1.54, 1.807) is 19.2 Å². The summed E-state index contributed by atoms with van der Waals surface area (Å²) in [7, 11) is 1.54. The van der Waals surface area contributed by atoms with Gasteiger partial charge in [-0.2, -0.15) is 0 Å². The van der Waals surface area contributed by atoms with E-state index >= 15 is 0 Å². The van der Waals surface area contributed by atoms with E-state index in [0.717, 1.165) is 5.57 Å². The fourth-order valence-corrected chi connectivity index (χ4v) is 2.23. The summed E-state index contributed by atoms with van der Waals surface area (Å²) in [6.45, 7) is 6.99. The predicted octanol–water partition coefficient (Wildman–Crippen LogP) is 1.45. The number of carbonyl (C=O) groups is 2. The van der Waals surface area contributed by atoms with E-state index < -0.39 is 11.8 Å². The van der Waals surface area contributed by atoms with Crippen molar-refractivity contribution in [2.24, 2.45) is 0 Å². The molecule has 106 valence electrons. The number of rotatable bonds is 4. The summed E-state index contributed by atoms with van der Waals surface area (Å²) in [4.78, 5) is 27.3. The SMILES string of the molecule is C=C(C)CN1CCN(c2ccccc2OC)C(=O)C1=O. The molecular weight excluding hydrogens is 256 g/mol. The summed E-state index contributed by atoms with van der Waals surface area (Å²) in [6.07, 6.45) is 0. The van der Waals surface area contributed by atoms with Crippen molar-refractivity contribution in [2.75, 3.05) is 31.6 Å². The molecule has 1 fully saturated rings. The number of amides is 2. The monoisotopic (exact) mass is 274 g/mol. The second-order valence-corrected chi connectivity index (χ2v) is 4.81. The van der Waals surface area contributed by atoms with Gasteiger partial charge in [0, 0.05) is 19.6 Å². The van der Waals surface area contributed by atoms with Crippen molar-refractivity contribution >= 4 is 17.5 Å². The highest BCUT2D eigenvalue weighted by atomic mass is 16.5. The summed E-state index contributed by atoms with van der Waals surface area (Å²) in [5.74, 6) is -0.436. The molecule has 2 rings (SSSR count). The average molecular weight is 274 g/mol. The second-order valence-electron chi connectivity index (χ2n) is 4.81. The Labute approximate surface area is 118 Å². The van der Waals surface area contributed by atoms with Crippen LogP contribution in [0.25, 0.3) is 0 Å². The van der Waals surface area contributed by atoms with Crippen LogP contribution >= 0.6 is 0 Å². The van der Waals surface area contributed by atoms with Gasteiger partial charge in [-0.1, -0.05) is 24.3 Å². The maximum Gasteiger partial charge on any atom is 0.316 e. The van der Waals surface area contributed by atoms with E-state index in [2.05, 4.69) is 6.58 Å². The van der Waals surface area contributed by atoms with Gasteiger partial charge in [-0.15, -0.1) is 0 Å². The maximum absolute atomic E-state index is 12.2. The second kappa shape index (κ2) is 5.77. The Kier molecular flexibility index (Phi) is 4.08. The smallest absolute Gasteiger partial charge is 0.316 e. The molecule has 0 N–H and O–H groups in total. The zero-order chi connectivity index (χ0) is 14.7. The summed E-state index contributed by atoms with van der Waals surface area (Å²) >= 11 is 0. The maximum atomic E-state index is 12.2. The summed E-state index contributed by atoms with van der Waals surface area (Å²) in [5, 5.41) is 0. The molecule has 0 unspecified atom stereocenters. The molecule has 0 atom stereocenters. The van der Waals surface area contributed by atoms with Crippen molar-refractivity contribution in [3.63, 3.8) is 0 Å². The Bertz CT molecular complexity index is 554. The lowest BCUT2D eigenvalue weighted by molar-refractivity contribution is -0.145. The highest BCUT2D eigenvalue weighted by molar-refractivity contribution is 6.41. The van der Waals surface area contributed by atoms with E-state index in [9.17, 15) is 9.59 Å². The van der Waals surface area contributed by atoms with E-state index in [0.29, 0.717) is 31.1 Å². The molecule has 1 aliphatic heterocycles. The van der Waals surface area contributed by atoms with Crippen LogP contribution in [0.1, 0.15) is 6.92 Å². The first kappa shape index (κ1) is 14.1. The third-order valence-electron chi connectivity index (χ3n) is 3.15. The first-order valence-electron chi connectivity index (χ1n) is 6.42. The lowest BCUT2D eigenvalue weighted by Gasteiger charge is -2.34. The van der Waals surface area contributed by atoms with Crippen LogP contribution in [0.2, 0.25) is 0 Å². The topological polar surface area (TPSA) is 49.9 Å². The first-order chi connectivity index (χ1) is 9.54. The van der Waals surface area contributed by atoms with Crippen LogP contribution in [0.5, 0.6) is 5.75 Å². The van der Waals surface area contributed by atoms with Crippen LogP contribution in [0.3, 0.4) is 0 Å². The standard InChI is InChI=1S/C15H18N2O3/c1-11(2)10-16-8-9-17(15(19)14(16)18)12-6-4-5-7-13(12)20-3/h4-7H,1,8-10H2,2-3H3. The summed E-state index contributed by atoms with van der Waals surface area (Å²) in [5.41, 5.74) is 1.49. The summed E-state index contributed by atoms with van der Waals surface area (Å²) < 4.78 is 5.24. The van der Waals surface area contributed by atoms with Gasteiger partial charge in [-0.25, -0.2) is 0 Å². The number of ether oxygens (including phenoxy) is 1. The van der Waals surface area contributed by atoms with Crippen molar-refractivity contribution in [3.8, 4) is 5.75 Å². The van der Waals surface area contributed by atoms with Gasteiger partial charge in [0.1, 0.15) is 5.75 Å². The lowest BCUT2D eigenvalue weighted by Crippen LogP contribution is -2.54. The van der Waals surface area contributed by atoms with E-state index in [1.807, 2.05) is 19.1 Å². The molecule has 0 aromatic heterocycles. The molecule has 5 nitrogen and oxygen atoms in total. The number of benzene rings is 1. The lowest BCUT2D eigenvalue weighted by atomic mass is 10.2. The minimum Gasteiger partial charge on any atom is -0.495 e. The Morgan fingerprint density at radius 2 is 1.95 bits per heavy atom. The van der Waals surface area contributed by atoms with Gasteiger partial charge in [0.25, 0.3) is 0 Å². The van der Waals surface area contributed by atoms with Gasteiger partial charge in [0.15, 0.2) is 0 Å². The molecule has 0 bridgehead atoms. The molecule has 0 radical (unpaired) electrons. The van der Waals surface area contributed by atoms with E-state index in [4.69, 9.17) is 4.74 Å². The summed E-state index contributed by atoms with van der Waals surface area (Å²) in [6, 6.07) is 7.19. The van der Waals surface area contributed by atoms with Gasteiger partial charge in [-0.05, 0) is 19.1 Å². The largest absolute Gasteiger partial charge is 0.495 e. The minimum atomic E-state index is -0.526. The molecular formula is C15H18N2O3. The number of para-hydroxylation sites is 2. The molecule has 0 aliphatic carbocycles. The van der Waals surface area contributed by atoms with Gasteiger partial charge < -0.3 is 9.64 Å². The first-order valence-corrected chi connectivity index (χ1v) is 6.42. The number of hydrogen-bond donors (Lipinski definition) is 0. The van der Waals surface area contributed by atoms with E-state index in [1.165, 1.54) is 9.80 Å².